The Morgan fingerprint density at radius 1 is 1.39 bits per heavy atom. The fourth-order valence-electron chi connectivity index (χ4n) is 1.62. The van der Waals surface area contributed by atoms with Gasteiger partial charge >= 0.3 is 0 Å². The molecule has 3 N–H and O–H groups in total. The van der Waals surface area contributed by atoms with Crippen molar-refractivity contribution in [1.29, 1.82) is 0 Å². The number of thioether (sulfide) groups is 1. The lowest BCUT2D eigenvalue weighted by Gasteiger charge is -2.14. The van der Waals surface area contributed by atoms with Crippen LogP contribution in [0.2, 0.25) is 0 Å². The maximum Gasteiger partial charge on any atom is 0.240 e. The second-order valence-corrected chi connectivity index (χ2v) is 7.08. The van der Waals surface area contributed by atoms with Crippen LogP contribution < -0.4 is 10.5 Å². The third-order valence-corrected chi connectivity index (χ3v) is 4.71. The zero-order chi connectivity index (χ0) is 13.8. The normalized spacial score (nSPS) is 13.5. The van der Waals surface area contributed by atoms with Crippen LogP contribution in [0.5, 0.6) is 0 Å². The largest absolute Gasteiger partial charge is 0.399 e. The third-order valence-electron chi connectivity index (χ3n) is 2.49. The van der Waals surface area contributed by atoms with Gasteiger partial charge in [0, 0.05) is 11.7 Å². The molecule has 0 aliphatic heterocycles. The van der Waals surface area contributed by atoms with Gasteiger partial charge in [-0.15, -0.1) is 0 Å². The molecule has 1 aromatic rings. The Morgan fingerprint density at radius 3 is 2.61 bits per heavy atom. The van der Waals surface area contributed by atoms with Crippen molar-refractivity contribution in [1.82, 2.24) is 4.72 Å². The van der Waals surface area contributed by atoms with Crippen molar-refractivity contribution in [3.05, 3.63) is 23.8 Å². The van der Waals surface area contributed by atoms with Crippen molar-refractivity contribution >= 4 is 27.5 Å². The molecule has 0 spiro atoms. The summed E-state index contributed by atoms with van der Waals surface area (Å²) in [4.78, 5) is 0.232. The van der Waals surface area contributed by atoms with Gasteiger partial charge in [-0.05, 0) is 56.0 Å². The first-order chi connectivity index (χ1) is 8.35. The number of nitrogen functional groups attached to an aromatic ring is 1. The molecule has 0 fully saturated rings. The lowest BCUT2D eigenvalue weighted by Crippen LogP contribution is -2.33. The molecule has 0 bridgehead atoms. The molecular formula is C12H20N2O2S2. The molecule has 1 rings (SSSR count). The molecule has 0 saturated heterocycles. The summed E-state index contributed by atoms with van der Waals surface area (Å²) in [5, 5.41) is 0. The predicted molar refractivity (Wildman–Crippen MR) is 78.4 cm³/mol. The van der Waals surface area contributed by atoms with E-state index in [1.54, 1.807) is 23.9 Å². The average Bonchev–Trinajstić information content (AvgIpc) is 2.24. The molecule has 0 amide bonds. The highest BCUT2D eigenvalue weighted by Crippen LogP contribution is 2.17. The first-order valence-electron chi connectivity index (χ1n) is 5.73. The van der Waals surface area contributed by atoms with Crippen LogP contribution in [0, 0.1) is 6.92 Å². The smallest absolute Gasteiger partial charge is 0.240 e. The summed E-state index contributed by atoms with van der Waals surface area (Å²) in [6, 6.07) is 4.77. The molecule has 0 radical (unpaired) electrons. The Morgan fingerprint density at radius 2 is 2.06 bits per heavy atom. The molecule has 6 heteroatoms. The van der Waals surface area contributed by atoms with E-state index in [1.807, 2.05) is 20.1 Å². The van der Waals surface area contributed by atoms with Crippen molar-refractivity contribution < 1.29 is 8.42 Å². The van der Waals surface area contributed by atoms with Crippen LogP contribution in [0.25, 0.3) is 0 Å². The summed E-state index contributed by atoms with van der Waals surface area (Å²) >= 11 is 1.70. The molecule has 0 aliphatic carbocycles. The Hall–Kier alpha value is -0.720. The maximum atomic E-state index is 12.1. The van der Waals surface area contributed by atoms with Crippen LogP contribution >= 0.6 is 11.8 Å². The lowest BCUT2D eigenvalue weighted by atomic mass is 10.2. The molecule has 18 heavy (non-hydrogen) atoms. The first-order valence-corrected chi connectivity index (χ1v) is 8.61. The highest BCUT2D eigenvalue weighted by Gasteiger charge is 2.17. The van der Waals surface area contributed by atoms with Gasteiger partial charge in [-0.3, -0.25) is 0 Å². The Bertz CT molecular complexity index is 481. The van der Waals surface area contributed by atoms with E-state index in [0.717, 1.165) is 17.7 Å². The van der Waals surface area contributed by atoms with E-state index in [9.17, 15) is 8.42 Å². The second-order valence-electron chi connectivity index (χ2n) is 4.38. The number of rotatable bonds is 6. The second kappa shape index (κ2) is 6.45. The minimum Gasteiger partial charge on any atom is -0.399 e. The third kappa shape index (κ3) is 4.51. The number of hydrogen-bond acceptors (Lipinski definition) is 4. The van der Waals surface area contributed by atoms with Crippen LogP contribution in [0.15, 0.2) is 23.1 Å². The molecular weight excluding hydrogens is 268 g/mol. The van der Waals surface area contributed by atoms with Crippen LogP contribution in [0.1, 0.15) is 18.9 Å². The minimum atomic E-state index is -3.47. The fourth-order valence-corrected chi connectivity index (χ4v) is 3.62. The number of nitrogens with one attached hydrogen (secondary N) is 1. The molecule has 0 aliphatic rings. The Kier molecular flexibility index (Phi) is 5.49. The summed E-state index contributed by atoms with van der Waals surface area (Å²) < 4.78 is 26.9. The van der Waals surface area contributed by atoms with Crippen molar-refractivity contribution in [3.8, 4) is 0 Å². The van der Waals surface area contributed by atoms with Gasteiger partial charge in [0.05, 0.1) is 4.90 Å². The topological polar surface area (TPSA) is 72.2 Å². The van der Waals surface area contributed by atoms with Gasteiger partial charge in [-0.1, -0.05) is 0 Å². The number of anilines is 1. The minimum absolute atomic E-state index is 0.0795. The van der Waals surface area contributed by atoms with Gasteiger partial charge in [-0.25, -0.2) is 13.1 Å². The van der Waals surface area contributed by atoms with E-state index in [1.165, 1.54) is 6.07 Å². The molecule has 1 aromatic carbocycles. The zero-order valence-electron chi connectivity index (χ0n) is 10.9. The number of sulfonamides is 1. The first kappa shape index (κ1) is 15.3. The SMILES string of the molecule is CSCCC(C)NS(=O)(=O)c1cc(C)cc(N)c1. The van der Waals surface area contributed by atoms with E-state index >= 15 is 0 Å². The van der Waals surface area contributed by atoms with E-state index in [2.05, 4.69) is 4.72 Å². The van der Waals surface area contributed by atoms with Crippen LogP contribution in [0.3, 0.4) is 0 Å². The maximum absolute atomic E-state index is 12.1. The fraction of sp³-hybridized carbons (Fsp3) is 0.500. The van der Waals surface area contributed by atoms with Gasteiger partial charge in [-0.2, -0.15) is 11.8 Å². The van der Waals surface area contributed by atoms with Crippen molar-refractivity contribution in [2.24, 2.45) is 0 Å². The summed E-state index contributed by atoms with van der Waals surface area (Å²) in [5.74, 6) is 0.930. The van der Waals surface area contributed by atoms with Gasteiger partial charge in [0.25, 0.3) is 0 Å². The number of benzene rings is 1. The Balaban J connectivity index is 2.86. The summed E-state index contributed by atoms with van der Waals surface area (Å²) in [6.45, 7) is 3.69. The standard InChI is InChI=1S/C12H20N2O2S2/c1-9-6-11(13)8-12(7-9)18(15,16)14-10(2)4-5-17-3/h6-8,10,14H,4-5,13H2,1-3H3. The van der Waals surface area contributed by atoms with Gasteiger partial charge in [0.15, 0.2) is 0 Å². The highest BCUT2D eigenvalue weighted by molar-refractivity contribution is 7.98. The molecule has 0 saturated carbocycles. The van der Waals surface area contributed by atoms with E-state index in [0.29, 0.717) is 5.69 Å². The van der Waals surface area contributed by atoms with E-state index < -0.39 is 10.0 Å². The Labute approximate surface area is 113 Å². The number of aryl methyl sites for hydroxylation is 1. The zero-order valence-corrected chi connectivity index (χ0v) is 12.6. The van der Waals surface area contributed by atoms with E-state index in [4.69, 9.17) is 5.73 Å². The van der Waals surface area contributed by atoms with Crippen LogP contribution in [-0.4, -0.2) is 26.5 Å². The van der Waals surface area contributed by atoms with E-state index in [-0.39, 0.29) is 10.9 Å². The molecule has 4 nitrogen and oxygen atoms in total. The molecule has 102 valence electrons. The average molecular weight is 288 g/mol. The summed E-state index contributed by atoms with van der Waals surface area (Å²) in [5.41, 5.74) is 6.98. The van der Waals surface area contributed by atoms with Crippen molar-refractivity contribution in [2.45, 2.75) is 31.2 Å². The number of nitrogens with two attached hydrogens (primary N) is 1. The predicted octanol–water partition coefficient (Wildman–Crippen LogP) is 2.00. The highest BCUT2D eigenvalue weighted by atomic mass is 32.2. The summed E-state index contributed by atoms with van der Waals surface area (Å²) in [6.07, 6.45) is 2.81. The summed E-state index contributed by atoms with van der Waals surface area (Å²) in [7, 11) is -3.47. The van der Waals surface area contributed by atoms with Crippen molar-refractivity contribution in [2.75, 3.05) is 17.7 Å². The van der Waals surface area contributed by atoms with Crippen LogP contribution in [-0.2, 0) is 10.0 Å². The molecule has 0 heterocycles. The monoisotopic (exact) mass is 288 g/mol. The molecule has 1 unspecified atom stereocenters. The van der Waals surface area contributed by atoms with Crippen molar-refractivity contribution in [3.63, 3.8) is 0 Å². The lowest BCUT2D eigenvalue weighted by molar-refractivity contribution is 0.557. The van der Waals surface area contributed by atoms with Gasteiger partial charge in [0.1, 0.15) is 0 Å². The van der Waals surface area contributed by atoms with Gasteiger partial charge < -0.3 is 5.73 Å². The van der Waals surface area contributed by atoms with Gasteiger partial charge in [0.2, 0.25) is 10.0 Å². The number of hydrogen-bond donors (Lipinski definition) is 2. The molecule has 0 aromatic heterocycles. The van der Waals surface area contributed by atoms with Crippen LogP contribution in [0.4, 0.5) is 5.69 Å². The quantitative estimate of drug-likeness (QED) is 0.785. The molecule has 1 atom stereocenters.